The van der Waals surface area contributed by atoms with E-state index in [1.54, 1.807) is 0 Å². The van der Waals surface area contributed by atoms with Gasteiger partial charge < -0.3 is 20.1 Å². The molecule has 0 saturated heterocycles. The highest BCUT2D eigenvalue weighted by atomic mass is 16.5. The first kappa shape index (κ1) is 16.5. The topological polar surface area (TPSA) is 93.7 Å². The van der Waals surface area contributed by atoms with Gasteiger partial charge in [-0.25, -0.2) is 4.79 Å². The Morgan fingerprint density at radius 1 is 1.19 bits per heavy atom. The van der Waals surface area contributed by atoms with Gasteiger partial charge in [-0.05, 0) is 12.5 Å². The van der Waals surface area contributed by atoms with Crippen LogP contribution in [-0.2, 0) is 25.7 Å². The van der Waals surface area contributed by atoms with Gasteiger partial charge in [0.1, 0.15) is 19.2 Å². The summed E-state index contributed by atoms with van der Waals surface area (Å²) >= 11 is 0. The molecule has 0 aliphatic heterocycles. The summed E-state index contributed by atoms with van der Waals surface area (Å²) in [6.07, 6.45) is -0.709. The minimum absolute atomic E-state index is 0.114. The van der Waals surface area contributed by atoms with Crippen molar-refractivity contribution in [2.75, 3.05) is 13.7 Å². The molecule has 1 atom stereocenters. The Bertz CT molecular complexity index is 489. The number of carbonyl (C=O) groups is 3. The average molecular weight is 294 g/mol. The molecule has 1 rings (SSSR count). The van der Waals surface area contributed by atoms with Gasteiger partial charge in [0, 0.05) is 0 Å². The van der Waals surface area contributed by atoms with Crippen molar-refractivity contribution < 1.29 is 23.9 Å². The molecule has 0 aliphatic carbocycles. The van der Waals surface area contributed by atoms with Gasteiger partial charge in [-0.15, -0.1) is 0 Å². The molecule has 7 nitrogen and oxygen atoms in total. The standard InChI is InChI=1S/C14H18N2O5/c1-10(13(18)15-8-12(17)20-2)16-14(19)21-9-11-6-4-3-5-7-11/h3-7,10H,8-9H2,1-2H3,(H,15,18)(H,16,19)/t10-/m1/s1. The molecule has 0 unspecified atom stereocenters. The van der Waals surface area contributed by atoms with E-state index in [1.807, 2.05) is 30.3 Å². The maximum Gasteiger partial charge on any atom is 0.408 e. The molecular formula is C14H18N2O5. The third-order valence-corrected chi connectivity index (χ3v) is 2.58. The summed E-state index contributed by atoms with van der Waals surface area (Å²) in [7, 11) is 1.22. The fraction of sp³-hybridized carbons (Fsp3) is 0.357. The number of carbonyl (C=O) groups excluding carboxylic acids is 3. The Labute approximate surface area is 122 Å². The molecule has 2 N–H and O–H groups in total. The zero-order valence-electron chi connectivity index (χ0n) is 11.9. The molecule has 0 fully saturated rings. The van der Waals surface area contributed by atoms with Crippen LogP contribution in [0.1, 0.15) is 12.5 Å². The first-order valence-electron chi connectivity index (χ1n) is 6.34. The Balaban J connectivity index is 2.29. The van der Waals surface area contributed by atoms with Crippen LogP contribution >= 0.6 is 0 Å². The predicted octanol–water partition coefficient (Wildman–Crippen LogP) is 0.591. The van der Waals surface area contributed by atoms with Gasteiger partial charge in [0.25, 0.3) is 0 Å². The van der Waals surface area contributed by atoms with E-state index in [-0.39, 0.29) is 13.2 Å². The number of benzene rings is 1. The van der Waals surface area contributed by atoms with E-state index < -0.39 is 24.0 Å². The molecule has 21 heavy (non-hydrogen) atoms. The van der Waals surface area contributed by atoms with Crippen LogP contribution in [0.4, 0.5) is 4.79 Å². The lowest BCUT2D eigenvalue weighted by atomic mass is 10.2. The molecule has 0 spiro atoms. The number of ether oxygens (including phenoxy) is 2. The highest BCUT2D eigenvalue weighted by molar-refractivity contribution is 5.87. The van der Waals surface area contributed by atoms with Crippen LogP contribution in [0.5, 0.6) is 0 Å². The Kier molecular flexibility index (Phi) is 6.73. The van der Waals surface area contributed by atoms with Crippen molar-refractivity contribution in [2.24, 2.45) is 0 Å². The van der Waals surface area contributed by atoms with Crippen molar-refractivity contribution in [3.8, 4) is 0 Å². The normalized spacial score (nSPS) is 11.1. The van der Waals surface area contributed by atoms with Crippen molar-refractivity contribution in [1.82, 2.24) is 10.6 Å². The fourth-order valence-electron chi connectivity index (χ4n) is 1.39. The summed E-state index contributed by atoms with van der Waals surface area (Å²) < 4.78 is 9.36. The zero-order valence-corrected chi connectivity index (χ0v) is 11.9. The second kappa shape index (κ2) is 8.57. The lowest BCUT2D eigenvalue weighted by Crippen LogP contribution is -2.46. The van der Waals surface area contributed by atoms with Crippen LogP contribution in [-0.4, -0.2) is 37.7 Å². The molecule has 0 radical (unpaired) electrons. The first-order chi connectivity index (χ1) is 10.0. The lowest BCUT2D eigenvalue weighted by Gasteiger charge is -2.13. The van der Waals surface area contributed by atoms with E-state index in [4.69, 9.17) is 4.74 Å². The van der Waals surface area contributed by atoms with Gasteiger partial charge in [-0.1, -0.05) is 30.3 Å². The quantitative estimate of drug-likeness (QED) is 0.749. The minimum atomic E-state index is -0.821. The fourth-order valence-corrected chi connectivity index (χ4v) is 1.39. The van der Waals surface area contributed by atoms with Gasteiger partial charge in [0.2, 0.25) is 5.91 Å². The van der Waals surface area contributed by atoms with Gasteiger partial charge in [0.15, 0.2) is 0 Å². The maximum atomic E-state index is 11.6. The van der Waals surface area contributed by atoms with Crippen LogP contribution in [0.25, 0.3) is 0 Å². The molecule has 0 aromatic heterocycles. The van der Waals surface area contributed by atoms with Crippen molar-refractivity contribution in [1.29, 1.82) is 0 Å². The molecule has 0 saturated carbocycles. The second-order valence-corrected chi connectivity index (χ2v) is 4.22. The van der Waals surface area contributed by atoms with Crippen LogP contribution in [0, 0.1) is 0 Å². The van der Waals surface area contributed by atoms with Crippen molar-refractivity contribution in [3.63, 3.8) is 0 Å². The smallest absolute Gasteiger partial charge is 0.408 e. The first-order valence-corrected chi connectivity index (χ1v) is 6.34. The summed E-state index contributed by atoms with van der Waals surface area (Å²) in [5.74, 6) is -1.07. The highest BCUT2D eigenvalue weighted by Gasteiger charge is 2.17. The average Bonchev–Trinajstić information content (AvgIpc) is 2.51. The van der Waals surface area contributed by atoms with Gasteiger partial charge in [-0.3, -0.25) is 9.59 Å². The van der Waals surface area contributed by atoms with Crippen molar-refractivity contribution >= 4 is 18.0 Å². The van der Waals surface area contributed by atoms with Crippen LogP contribution < -0.4 is 10.6 Å². The molecule has 0 heterocycles. The van der Waals surface area contributed by atoms with Crippen molar-refractivity contribution in [3.05, 3.63) is 35.9 Å². The Hall–Kier alpha value is -2.57. The number of alkyl carbamates (subject to hydrolysis) is 1. The monoisotopic (exact) mass is 294 g/mol. The Morgan fingerprint density at radius 3 is 2.48 bits per heavy atom. The minimum Gasteiger partial charge on any atom is -0.468 e. The number of hydrogen-bond acceptors (Lipinski definition) is 5. The number of amides is 2. The van der Waals surface area contributed by atoms with E-state index in [0.29, 0.717) is 0 Å². The number of nitrogens with one attached hydrogen (secondary N) is 2. The molecule has 0 aliphatic rings. The summed E-state index contributed by atoms with van der Waals surface area (Å²) in [6, 6.07) is 8.34. The number of methoxy groups -OCH3 is 1. The third-order valence-electron chi connectivity index (χ3n) is 2.58. The number of hydrogen-bond donors (Lipinski definition) is 2. The second-order valence-electron chi connectivity index (χ2n) is 4.22. The molecule has 2 amide bonds. The van der Waals surface area contributed by atoms with Gasteiger partial charge in [-0.2, -0.15) is 0 Å². The van der Waals surface area contributed by atoms with Crippen LogP contribution in [0.3, 0.4) is 0 Å². The maximum absolute atomic E-state index is 11.6. The van der Waals surface area contributed by atoms with E-state index in [9.17, 15) is 14.4 Å². The van der Waals surface area contributed by atoms with E-state index in [2.05, 4.69) is 15.4 Å². The lowest BCUT2D eigenvalue weighted by molar-refractivity contribution is -0.141. The third kappa shape index (κ3) is 6.42. The molecule has 1 aromatic carbocycles. The predicted molar refractivity (Wildman–Crippen MR) is 74.3 cm³/mol. The largest absolute Gasteiger partial charge is 0.468 e. The van der Waals surface area contributed by atoms with Crippen LogP contribution in [0.15, 0.2) is 30.3 Å². The van der Waals surface area contributed by atoms with E-state index in [1.165, 1.54) is 14.0 Å². The summed E-state index contributed by atoms with van der Waals surface area (Å²) in [5.41, 5.74) is 0.843. The number of rotatable bonds is 6. The number of esters is 1. The molecule has 1 aromatic rings. The summed E-state index contributed by atoms with van der Waals surface area (Å²) in [4.78, 5) is 34.0. The van der Waals surface area contributed by atoms with Crippen molar-refractivity contribution in [2.45, 2.75) is 19.6 Å². The molecule has 7 heteroatoms. The molecular weight excluding hydrogens is 276 g/mol. The zero-order chi connectivity index (χ0) is 15.7. The van der Waals surface area contributed by atoms with Gasteiger partial charge in [0.05, 0.1) is 7.11 Å². The van der Waals surface area contributed by atoms with Gasteiger partial charge >= 0.3 is 12.1 Å². The molecule has 114 valence electrons. The van der Waals surface area contributed by atoms with Crippen LogP contribution in [0.2, 0.25) is 0 Å². The summed E-state index contributed by atoms with van der Waals surface area (Å²) in [6.45, 7) is 1.35. The van der Waals surface area contributed by atoms with E-state index in [0.717, 1.165) is 5.56 Å². The van der Waals surface area contributed by atoms with E-state index >= 15 is 0 Å². The molecule has 0 bridgehead atoms. The summed E-state index contributed by atoms with van der Waals surface area (Å²) in [5, 5.41) is 4.69. The Morgan fingerprint density at radius 2 is 1.86 bits per heavy atom. The highest BCUT2D eigenvalue weighted by Crippen LogP contribution is 2.00. The SMILES string of the molecule is COC(=O)CNC(=O)[C@@H](C)NC(=O)OCc1ccccc1.